The van der Waals surface area contributed by atoms with Crippen molar-refractivity contribution >= 4 is 47.1 Å². The number of rotatable bonds is 4. The first-order valence-electron chi connectivity index (χ1n) is 9.98. The number of hydrogen-bond donors (Lipinski definition) is 0. The minimum atomic E-state index is -1.11. The monoisotopic (exact) mass is 726 g/mol. The van der Waals surface area contributed by atoms with E-state index in [-0.39, 0.29) is 48.0 Å². The van der Waals surface area contributed by atoms with Crippen LogP contribution in [0.3, 0.4) is 0 Å². The van der Waals surface area contributed by atoms with Gasteiger partial charge in [0.15, 0.2) is 0 Å². The second kappa shape index (κ2) is 12.3. The molecule has 0 radical (unpaired) electrons. The van der Waals surface area contributed by atoms with E-state index in [0.717, 1.165) is 0 Å². The van der Waals surface area contributed by atoms with E-state index in [9.17, 15) is 0 Å². The van der Waals surface area contributed by atoms with E-state index in [1.54, 1.807) is 0 Å². The molecule has 0 aromatic heterocycles. The minimum Gasteiger partial charge on any atom is -1.00 e. The lowest BCUT2D eigenvalue weighted by molar-refractivity contribution is -0.225. The zero-order chi connectivity index (χ0) is 22.2. The first kappa shape index (κ1) is 38.1. The fourth-order valence-electron chi connectivity index (χ4n) is 5.61. The fourth-order valence-corrected chi connectivity index (χ4v) is 50.5. The largest absolute Gasteiger partial charge is 1.00 e. The maximum atomic E-state index is 2.95. The summed E-state index contributed by atoms with van der Waals surface area (Å²) in [6.45, 7) is 44.6. The van der Waals surface area contributed by atoms with Crippen LogP contribution < -0.4 is 48.0 Å². The van der Waals surface area contributed by atoms with Gasteiger partial charge in [-0.2, -0.15) is 0 Å². The van der Waals surface area contributed by atoms with Crippen molar-refractivity contribution in [3.63, 3.8) is 0 Å². The summed E-state index contributed by atoms with van der Waals surface area (Å²) >= 11 is 0. The van der Waals surface area contributed by atoms with Gasteiger partial charge < -0.3 is 55.3 Å². The summed E-state index contributed by atoms with van der Waals surface area (Å²) in [6, 6.07) is 0. The standard InChI is InChI=1S/2C9H27NPSi2.2HI/c2*1-11(2,3)10(12(4,5)6)13(7,8)9;;/h2*1-9H3;2*1H/q2*+1;;/p-2. The summed E-state index contributed by atoms with van der Waals surface area (Å²) in [7, 11) is -6.08. The summed E-state index contributed by atoms with van der Waals surface area (Å²) < 4.78 is 5.90. The highest BCUT2D eigenvalue weighted by molar-refractivity contribution is 7.63. The van der Waals surface area contributed by atoms with E-state index < -0.39 is 47.1 Å². The SMILES string of the molecule is C[Si](C)(C)[N+]([Si](C)(C)C)=P(C)(C)C.C[Si](C)(C)[N+]([Si](C)(C)C)=P(C)(C)C.[I-].[I-]. The van der Waals surface area contributed by atoms with Crippen molar-refractivity contribution in [2.75, 3.05) is 40.0 Å². The van der Waals surface area contributed by atoms with Gasteiger partial charge in [0.2, 0.25) is 0 Å². The Kier molecular flexibility index (Phi) is 16.7. The molecule has 0 aliphatic rings. The van der Waals surface area contributed by atoms with Crippen LogP contribution in [0.1, 0.15) is 0 Å². The third kappa shape index (κ3) is 14.8. The van der Waals surface area contributed by atoms with Crippen LogP contribution in [0, 0.1) is 0 Å². The molecule has 0 heterocycles. The molecule has 0 spiro atoms. The highest BCUT2D eigenvalue weighted by atomic mass is 127. The van der Waals surface area contributed by atoms with Gasteiger partial charge in [0.1, 0.15) is 0 Å². The number of hydrogen-bond acceptors (Lipinski definition) is 0. The highest BCUT2D eigenvalue weighted by Gasteiger charge is 2.42. The minimum absolute atomic E-state index is 0. The summed E-state index contributed by atoms with van der Waals surface area (Å²) in [4.78, 5) is 0. The Balaban J connectivity index is -0.000000192. The topological polar surface area (TPSA) is 6.02 Å². The zero-order valence-electron chi connectivity index (χ0n) is 22.5. The lowest BCUT2D eigenvalue weighted by atomic mass is 11.8. The molecule has 0 unspecified atom stereocenters. The van der Waals surface area contributed by atoms with Crippen LogP contribution in [0.5, 0.6) is 0 Å². The first-order valence-corrected chi connectivity index (χ1v) is 29.9. The molecule has 2 nitrogen and oxygen atoms in total. The molecule has 28 heavy (non-hydrogen) atoms. The second-order valence-electron chi connectivity index (χ2n) is 13.2. The highest BCUT2D eigenvalue weighted by Crippen LogP contribution is 2.41. The van der Waals surface area contributed by atoms with Gasteiger partial charge in [-0.3, -0.25) is 0 Å². The molecule has 0 aliphatic carbocycles. The van der Waals surface area contributed by atoms with Crippen LogP contribution in [0.2, 0.25) is 78.6 Å². The van der Waals surface area contributed by atoms with E-state index in [1.165, 1.54) is 0 Å². The van der Waals surface area contributed by atoms with Crippen molar-refractivity contribution in [3.8, 4) is 0 Å². The molecule has 0 aromatic rings. The average molecular weight is 727 g/mol. The fraction of sp³-hybridized carbons (Fsp3) is 1.00. The summed E-state index contributed by atoms with van der Waals surface area (Å²) in [5.41, 5.74) is 0. The van der Waals surface area contributed by atoms with Gasteiger partial charge in [-0.1, -0.05) is 0 Å². The third-order valence-corrected chi connectivity index (χ3v) is 33.7. The number of nitrogens with zero attached hydrogens (tertiary/aromatic N) is 2. The molecule has 0 aromatic carbocycles. The molecule has 0 saturated carbocycles. The summed E-state index contributed by atoms with van der Waals surface area (Å²) in [5, 5.41) is 0. The third-order valence-electron chi connectivity index (χ3n) is 3.74. The summed E-state index contributed by atoms with van der Waals surface area (Å²) in [6.07, 6.45) is 0. The molecule has 0 bridgehead atoms. The van der Waals surface area contributed by atoms with Crippen LogP contribution in [-0.4, -0.2) is 80.2 Å². The molecular formula is C18H54I2N2P2Si4. The Morgan fingerprint density at radius 2 is 0.464 bits per heavy atom. The zero-order valence-corrected chi connectivity index (χ0v) is 32.6. The molecule has 10 heteroatoms. The number of halogens is 2. The second-order valence-corrected chi connectivity index (χ2v) is 43.3. The molecule has 0 fully saturated rings. The summed E-state index contributed by atoms with van der Waals surface area (Å²) in [5.74, 6) is 0. The van der Waals surface area contributed by atoms with Crippen LogP contribution in [0.4, 0.5) is 0 Å². The quantitative estimate of drug-likeness (QED) is 0.236. The molecule has 0 N–H and O–H groups in total. The molecule has 0 atom stereocenters. The van der Waals surface area contributed by atoms with E-state index in [1.807, 2.05) is 0 Å². The maximum Gasteiger partial charge on any atom is 0.323 e. The molecule has 0 amide bonds. The van der Waals surface area contributed by atoms with Crippen molar-refractivity contribution in [1.29, 1.82) is 0 Å². The normalized spacial score (nSPS) is 13.5. The first-order chi connectivity index (χ1) is 10.7. The van der Waals surface area contributed by atoms with Gasteiger partial charge >= 0.3 is 32.9 Å². The predicted molar refractivity (Wildman–Crippen MR) is 143 cm³/mol. The van der Waals surface area contributed by atoms with Gasteiger partial charge in [0, 0.05) is 54.1 Å². The molecule has 176 valence electrons. The van der Waals surface area contributed by atoms with Crippen molar-refractivity contribution in [2.45, 2.75) is 78.6 Å². The maximum absolute atomic E-state index is 2.95. The lowest BCUT2D eigenvalue weighted by Gasteiger charge is -2.33. The van der Waals surface area contributed by atoms with E-state index in [0.29, 0.717) is 0 Å². The van der Waals surface area contributed by atoms with Crippen molar-refractivity contribution in [2.24, 2.45) is 0 Å². The predicted octanol–water partition coefficient (Wildman–Crippen LogP) is 1.53. The van der Waals surface area contributed by atoms with E-state index >= 15 is 0 Å². The molecule has 0 rings (SSSR count). The average Bonchev–Trinajstić information content (AvgIpc) is 1.97. The van der Waals surface area contributed by atoms with Crippen molar-refractivity contribution < 1.29 is 55.3 Å². The van der Waals surface area contributed by atoms with Crippen molar-refractivity contribution in [1.82, 2.24) is 0 Å². The smallest absolute Gasteiger partial charge is 0.323 e. The van der Waals surface area contributed by atoms with Crippen LogP contribution in [0.15, 0.2) is 0 Å². The van der Waals surface area contributed by atoms with Crippen LogP contribution in [-0.2, 0) is 0 Å². The van der Waals surface area contributed by atoms with E-state index in [2.05, 4.69) is 126 Å². The van der Waals surface area contributed by atoms with Crippen LogP contribution in [0.25, 0.3) is 0 Å². The Morgan fingerprint density at radius 1 is 0.357 bits per heavy atom. The Morgan fingerprint density at radius 3 is 0.464 bits per heavy atom. The molecule has 0 aliphatic heterocycles. The van der Waals surface area contributed by atoms with Gasteiger partial charge in [-0.15, -0.1) is 0 Å². The van der Waals surface area contributed by atoms with Gasteiger partial charge in [0.05, 0.1) is 0 Å². The Labute approximate surface area is 218 Å². The van der Waals surface area contributed by atoms with Crippen LogP contribution >= 0.6 is 14.1 Å². The van der Waals surface area contributed by atoms with Gasteiger partial charge in [0.25, 0.3) is 0 Å². The van der Waals surface area contributed by atoms with E-state index in [4.69, 9.17) is 0 Å². The molecule has 0 saturated heterocycles. The van der Waals surface area contributed by atoms with Gasteiger partial charge in [-0.25, -0.2) is 0 Å². The van der Waals surface area contributed by atoms with Crippen molar-refractivity contribution in [3.05, 3.63) is 0 Å². The lowest BCUT2D eigenvalue weighted by Crippen LogP contribution is -3.00. The Hall–Kier alpha value is 2.79. The van der Waals surface area contributed by atoms with Gasteiger partial charge in [-0.05, 0) is 78.6 Å². The molecular weight excluding hydrogens is 672 g/mol. The Bertz CT molecular complexity index is 495.